The molecule has 1 saturated carbocycles. The first kappa shape index (κ1) is 45.1. The molecular formula is C43H89N7O. The Morgan fingerprint density at radius 2 is 1.04 bits per heavy atom. The quantitative estimate of drug-likeness (QED) is 0.238. The maximum atomic E-state index is 6.18. The first-order valence-electron chi connectivity index (χ1n) is 21.1. The van der Waals surface area contributed by atoms with Crippen molar-refractivity contribution >= 4 is 0 Å². The molecule has 0 aromatic carbocycles. The zero-order chi connectivity index (χ0) is 38.4. The van der Waals surface area contributed by atoms with Gasteiger partial charge in [-0.2, -0.15) is 0 Å². The first-order chi connectivity index (χ1) is 23.4. The van der Waals surface area contributed by atoms with Crippen molar-refractivity contribution in [3.63, 3.8) is 0 Å². The van der Waals surface area contributed by atoms with Crippen LogP contribution in [-0.4, -0.2) is 181 Å². The molecule has 3 heterocycles. The van der Waals surface area contributed by atoms with E-state index in [9.17, 15) is 0 Å². The van der Waals surface area contributed by atoms with E-state index in [4.69, 9.17) is 4.74 Å². The van der Waals surface area contributed by atoms with Crippen LogP contribution in [-0.2, 0) is 4.74 Å². The van der Waals surface area contributed by atoms with Gasteiger partial charge in [-0.05, 0) is 188 Å². The zero-order valence-electron chi connectivity index (χ0n) is 37.2. The van der Waals surface area contributed by atoms with Gasteiger partial charge in [0.15, 0.2) is 0 Å². The molecule has 0 unspecified atom stereocenters. The molecule has 0 N–H and O–H groups in total. The largest absolute Gasteiger partial charge is 0.373 e. The topological polar surface area (TPSA) is 31.9 Å². The van der Waals surface area contributed by atoms with Gasteiger partial charge in [0.2, 0.25) is 0 Å². The third-order valence-electron chi connectivity index (χ3n) is 12.2. The molecule has 4 rings (SSSR count). The molecule has 4 fully saturated rings. The fourth-order valence-electron chi connectivity index (χ4n) is 8.76. The highest BCUT2D eigenvalue weighted by molar-refractivity contribution is 4.93. The van der Waals surface area contributed by atoms with E-state index in [1.807, 2.05) is 0 Å². The number of nitrogens with zero attached hydrogens (tertiary/aromatic N) is 7. The molecule has 302 valence electrons. The minimum absolute atomic E-state index is 0.0100. The third kappa shape index (κ3) is 15.8. The molecule has 1 atom stereocenters. The SMILES string of the molecule is CN(C)CCN(CC1CCN(C(C)(C)C)CC1)C1CC(OC(C)(C)C)C1.CN(C)C[C@@H]1CN(C(C)(C)C)CCN1CC1CCN(C(C)(C)C)CC1. The highest BCUT2D eigenvalue weighted by Crippen LogP contribution is 2.33. The summed E-state index contributed by atoms with van der Waals surface area (Å²) in [7, 11) is 8.81. The van der Waals surface area contributed by atoms with Crippen molar-refractivity contribution in [2.24, 2.45) is 11.8 Å². The molecule has 0 amide bonds. The lowest BCUT2D eigenvalue weighted by molar-refractivity contribution is -0.122. The Morgan fingerprint density at radius 1 is 0.549 bits per heavy atom. The lowest BCUT2D eigenvalue weighted by Crippen LogP contribution is -2.61. The van der Waals surface area contributed by atoms with Gasteiger partial charge >= 0.3 is 0 Å². The van der Waals surface area contributed by atoms with E-state index in [0.717, 1.165) is 24.4 Å². The Bertz CT molecular complexity index is 968. The summed E-state index contributed by atoms with van der Waals surface area (Å²) in [5.41, 5.74) is 0.927. The summed E-state index contributed by atoms with van der Waals surface area (Å²) >= 11 is 0. The molecule has 0 aromatic rings. The van der Waals surface area contributed by atoms with E-state index < -0.39 is 0 Å². The smallest absolute Gasteiger partial charge is 0.0612 e. The minimum atomic E-state index is -0.0100. The molecular weight excluding hydrogens is 631 g/mol. The zero-order valence-corrected chi connectivity index (χ0v) is 37.2. The van der Waals surface area contributed by atoms with Gasteiger partial charge in [0, 0.05) is 81.1 Å². The summed E-state index contributed by atoms with van der Waals surface area (Å²) in [5.74, 6) is 1.74. The van der Waals surface area contributed by atoms with Gasteiger partial charge in [-0.25, -0.2) is 0 Å². The number of likely N-dealkylation sites (tertiary alicyclic amines) is 2. The van der Waals surface area contributed by atoms with Crippen LogP contribution in [0.1, 0.15) is 122 Å². The standard InChI is InChI=1S/C22H45N3O.C21H44N4/c1-21(2,3)25-11-9-18(10-12-25)17-24(14-13-23(7)8)19-15-20(16-19)26-22(4,5)6;1-20(2,3)24-11-9-18(10-12-24)15-23-13-14-25(21(4,5)6)17-19(23)16-22(7)8/h18-20H,9-17H2,1-8H3;18-19H,9-17H2,1-8H3/t;19-/m.1/s1. The number of piperazine rings is 1. The molecule has 3 saturated heterocycles. The number of hydrogen-bond donors (Lipinski definition) is 0. The van der Waals surface area contributed by atoms with Crippen molar-refractivity contribution in [1.29, 1.82) is 0 Å². The van der Waals surface area contributed by atoms with E-state index in [-0.39, 0.29) is 11.1 Å². The van der Waals surface area contributed by atoms with Crippen molar-refractivity contribution in [3.8, 4) is 0 Å². The van der Waals surface area contributed by atoms with Crippen LogP contribution in [0.5, 0.6) is 0 Å². The molecule has 0 radical (unpaired) electrons. The van der Waals surface area contributed by atoms with Gasteiger partial charge in [-0.15, -0.1) is 0 Å². The number of likely N-dealkylation sites (N-methyl/N-ethyl adjacent to an activating group) is 2. The van der Waals surface area contributed by atoms with Crippen molar-refractivity contribution in [2.45, 2.75) is 162 Å². The molecule has 8 nitrogen and oxygen atoms in total. The molecule has 3 aliphatic heterocycles. The second kappa shape index (κ2) is 19.0. The molecule has 51 heavy (non-hydrogen) atoms. The Morgan fingerprint density at radius 3 is 1.47 bits per heavy atom. The summed E-state index contributed by atoms with van der Waals surface area (Å²) < 4.78 is 6.18. The molecule has 8 heteroatoms. The van der Waals surface area contributed by atoms with Gasteiger partial charge < -0.3 is 14.5 Å². The van der Waals surface area contributed by atoms with Gasteiger partial charge in [0.05, 0.1) is 11.7 Å². The molecule has 4 aliphatic rings. The summed E-state index contributed by atoms with van der Waals surface area (Å²) in [5, 5.41) is 0. The number of ether oxygens (including phenoxy) is 1. The van der Waals surface area contributed by atoms with Crippen LogP contribution >= 0.6 is 0 Å². The van der Waals surface area contributed by atoms with Crippen LogP contribution in [0.3, 0.4) is 0 Å². The number of piperidine rings is 2. The normalized spacial score (nSPS) is 26.5. The predicted octanol–water partition coefficient (Wildman–Crippen LogP) is 6.55. The van der Waals surface area contributed by atoms with Gasteiger partial charge in [-0.1, -0.05) is 0 Å². The maximum Gasteiger partial charge on any atom is 0.0612 e. The van der Waals surface area contributed by atoms with E-state index >= 15 is 0 Å². The second-order valence-electron chi connectivity index (χ2n) is 21.5. The second-order valence-corrected chi connectivity index (χ2v) is 21.5. The Labute approximate surface area is 318 Å². The Balaban J connectivity index is 0.000000276. The maximum absolute atomic E-state index is 6.18. The Kier molecular flexibility index (Phi) is 16.8. The molecule has 1 aliphatic carbocycles. The monoisotopic (exact) mass is 720 g/mol. The van der Waals surface area contributed by atoms with E-state index in [0.29, 0.717) is 23.2 Å². The fraction of sp³-hybridized carbons (Fsp3) is 1.00. The molecule has 0 spiro atoms. The predicted molar refractivity (Wildman–Crippen MR) is 221 cm³/mol. The van der Waals surface area contributed by atoms with Crippen LogP contribution < -0.4 is 0 Å². The lowest BCUT2D eigenvalue weighted by atomic mass is 9.85. The van der Waals surface area contributed by atoms with Crippen LogP contribution in [0, 0.1) is 11.8 Å². The number of hydrogen-bond acceptors (Lipinski definition) is 8. The van der Waals surface area contributed by atoms with Crippen molar-refractivity contribution in [1.82, 2.24) is 34.3 Å². The molecule has 0 aromatic heterocycles. The lowest BCUT2D eigenvalue weighted by Gasteiger charge is -2.49. The van der Waals surface area contributed by atoms with E-state index in [2.05, 4.69) is 146 Å². The Hall–Kier alpha value is -0.320. The van der Waals surface area contributed by atoms with Crippen molar-refractivity contribution in [3.05, 3.63) is 0 Å². The van der Waals surface area contributed by atoms with Gasteiger partial charge in [-0.3, -0.25) is 24.5 Å². The summed E-state index contributed by atoms with van der Waals surface area (Å²) in [6.45, 7) is 42.5. The van der Waals surface area contributed by atoms with Gasteiger partial charge in [0.1, 0.15) is 0 Å². The summed E-state index contributed by atoms with van der Waals surface area (Å²) in [6, 6.07) is 1.39. The van der Waals surface area contributed by atoms with E-state index in [1.54, 1.807) is 0 Å². The average molecular weight is 720 g/mol. The summed E-state index contributed by atoms with van der Waals surface area (Å²) in [4.78, 5) is 18.3. The van der Waals surface area contributed by atoms with Crippen LogP contribution in [0.25, 0.3) is 0 Å². The van der Waals surface area contributed by atoms with Gasteiger partial charge in [0.25, 0.3) is 0 Å². The fourth-order valence-corrected chi connectivity index (χ4v) is 8.76. The minimum Gasteiger partial charge on any atom is -0.373 e. The molecule has 0 bridgehead atoms. The van der Waals surface area contributed by atoms with Crippen molar-refractivity contribution in [2.75, 3.05) is 107 Å². The number of rotatable bonds is 11. The van der Waals surface area contributed by atoms with Crippen LogP contribution in [0.15, 0.2) is 0 Å². The average Bonchev–Trinajstić information content (AvgIpc) is 2.96. The highest BCUT2D eigenvalue weighted by atomic mass is 16.5. The highest BCUT2D eigenvalue weighted by Gasteiger charge is 2.38. The van der Waals surface area contributed by atoms with Crippen LogP contribution in [0.4, 0.5) is 0 Å². The summed E-state index contributed by atoms with van der Waals surface area (Å²) in [6.07, 6.45) is 8.33. The van der Waals surface area contributed by atoms with E-state index in [1.165, 1.54) is 111 Å². The first-order valence-corrected chi connectivity index (χ1v) is 21.1. The third-order valence-corrected chi connectivity index (χ3v) is 12.2. The van der Waals surface area contributed by atoms with Crippen molar-refractivity contribution < 1.29 is 4.74 Å². The van der Waals surface area contributed by atoms with Crippen LogP contribution in [0.2, 0.25) is 0 Å².